The normalized spacial score (nSPS) is 16.1. The van der Waals surface area contributed by atoms with Gasteiger partial charge in [0.2, 0.25) is 11.9 Å². The Morgan fingerprint density at radius 2 is 2.11 bits per heavy atom. The van der Waals surface area contributed by atoms with Gasteiger partial charge in [-0.15, -0.1) is 0 Å². The summed E-state index contributed by atoms with van der Waals surface area (Å²) in [5.41, 5.74) is 6.60. The first-order valence-corrected chi connectivity index (χ1v) is 9.08. The number of aromatic nitrogens is 4. The highest BCUT2D eigenvalue weighted by molar-refractivity contribution is 6.35. The Morgan fingerprint density at radius 3 is 2.85 bits per heavy atom. The molecule has 1 atom stereocenters. The van der Waals surface area contributed by atoms with Crippen molar-refractivity contribution in [1.29, 1.82) is 0 Å². The molecule has 0 bridgehead atoms. The first-order valence-electron chi connectivity index (χ1n) is 8.70. The van der Waals surface area contributed by atoms with E-state index in [0.29, 0.717) is 28.9 Å². The van der Waals surface area contributed by atoms with Gasteiger partial charge in [0.05, 0.1) is 22.2 Å². The lowest BCUT2D eigenvalue weighted by atomic mass is 10.1. The molecule has 0 saturated heterocycles. The minimum absolute atomic E-state index is 0.150. The van der Waals surface area contributed by atoms with Crippen LogP contribution in [0.4, 0.5) is 17.7 Å². The van der Waals surface area contributed by atoms with Gasteiger partial charge in [-0.05, 0) is 31.9 Å². The van der Waals surface area contributed by atoms with E-state index in [9.17, 15) is 5.11 Å². The van der Waals surface area contributed by atoms with Crippen LogP contribution in [0.15, 0.2) is 30.6 Å². The van der Waals surface area contributed by atoms with Crippen LogP contribution < -0.4 is 16.4 Å². The fourth-order valence-corrected chi connectivity index (χ4v) is 3.09. The third-order valence-electron chi connectivity index (χ3n) is 4.64. The maximum Gasteiger partial charge on any atom is 0.227 e. The van der Waals surface area contributed by atoms with E-state index < -0.39 is 5.60 Å². The van der Waals surface area contributed by atoms with Gasteiger partial charge in [-0.25, -0.2) is 15.0 Å². The minimum Gasteiger partial charge on any atom is -0.388 e. The summed E-state index contributed by atoms with van der Waals surface area (Å²) in [5.74, 6) is 1.20. The van der Waals surface area contributed by atoms with Crippen molar-refractivity contribution in [2.75, 3.05) is 22.9 Å². The second-order valence-electron chi connectivity index (χ2n) is 6.85. The van der Waals surface area contributed by atoms with Crippen molar-refractivity contribution in [3.8, 4) is 0 Å². The van der Waals surface area contributed by atoms with Crippen LogP contribution in [0.1, 0.15) is 31.4 Å². The van der Waals surface area contributed by atoms with Gasteiger partial charge in [-0.2, -0.15) is 4.98 Å². The summed E-state index contributed by atoms with van der Waals surface area (Å²) in [5, 5.41) is 18.2. The number of rotatable bonds is 6. The standard InChI is InChI=1S/C18H20ClN7O/c1-10(24-17-23-9-22-16(20)26-17)12-7-11-3-2-4-13(19)14(11)25-15(12)21-8-18(27)5-6-18/h2-4,7,9-10,27H,5-6,8H2,1H3,(H,21,25)(H3,20,22,23,24,26). The van der Waals surface area contributed by atoms with E-state index in [1.54, 1.807) is 0 Å². The Hall–Kier alpha value is -2.71. The average Bonchev–Trinajstić information content (AvgIpc) is 3.37. The summed E-state index contributed by atoms with van der Waals surface area (Å²) < 4.78 is 0. The molecule has 1 aliphatic rings. The van der Waals surface area contributed by atoms with E-state index >= 15 is 0 Å². The topological polar surface area (TPSA) is 122 Å². The molecule has 5 N–H and O–H groups in total. The van der Waals surface area contributed by atoms with Crippen LogP contribution in [-0.2, 0) is 0 Å². The van der Waals surface area contributed by atoms with Gasteiger partial charge in [0.15, 0.2) is 0 Å². The van der Waals surface area contributed by atoms with Gasteiger partial charge >= 0.3 is 0 Å². The highest BCUT2D eigenvalue weighted by Crippen LogP contribution is 2.36. The number of fused-ring (bicyclic) bond motifs is 1. The zero-order valence-corrected chi connectivity index (χ0v) is 15.5. The van der Waals surface area contributed by atoms with Crippen LogP contribution in [0.3, 0.4) is 0 Å². The fourth-order valence-electron chi connectivity index (χ4n) is 2.87. The zero-order valence-electron chi connectivity index (χ0n) is 14.8. The molecule has 0 radical (unpaired) electrons. The molecule has 2 aromatic heterocycles. The Morgan fingerprint density at radius 1 is 1.30 bits per heavy atom. The van der Waals surface area contributed by atoms with Crippen molar-refractivity contribution < 1.29 is 5.11 Å². The predicted molar refractivity (Wildman–Crippen MR) is 106 cm³/mol. The van der Waals surface area contributed by atoms with Crippen molar-refractivity contribution in [3.63, 3.8) is 0 Å². The van der Waals surface area contributed by atoms with Gasteiger partial charge in [0, 0.05) is 17.5 Å². The maximum atomic E-state index is 10.2. The van der Waals surface area contributed by atoms with Gasteiger partial charge in [-0.1, -0.05) is 23.7 Å². The monoisotopic (exact) mass is 385 g/mol. The Balaban J connectivity index is 1.69. The molecule has 1 aliphatic carbocycles. The average molecular weight is 386 g/mol. The third kappa shape index (κ3) is 3.86. The number of benzene rings is 1. The summed E-state index contributed by atoms with van der Waals surface area (Å²) >= 11 is 6.31. The quantitative estimate of drug-likeness (QED) is 0.511. The van der Waals surface area contributed by atoms with Crippen LogP contribution in [0, 0.1) is 0 Å². The number of nitrogens with zero attached hydrogens (tertiary/aromatic N) is 4. The fraction of sp³-hybridized carbons (Fsp3) is 0.333. The van der Waals surface area contributed by atoms with Crippen molar-refractivity contribution in [2.45, 2.75) is 31.4 Å². The second kappa shape index (κ2) is 6.79. The third-order valence-corrected chi connectivity index (χ3v) is 4.95. The van der Waals surface area contributed by atoms with Crippen LogP contribution in [0.5, 0.6) is 0 Å². The lowest BCUT2D eigenvalue weighted by Gasteiger charge is -2.20. The summed E-state index contributed by atoms with van der Waals surface area (Å²) in [4.78, 5) is 16.7. The number of hydrogen-bond acceptors (Lipinski definition) is 8. The minimum atomic E-state index is -0.645. The molecule has 2 heterocycles. The number of halogens is 1. The predicted octanol–water partition coefficient (Wildman–Crippen LogP) is 2.77. The SMILES string of the molecule is CC(Nc1ncnc(N)n1)c1cc2cccc(Cl)c2nc1NCC1(O)CC1. The molecule has 1 saturated carbocycles. The molecule has 1 aromatic carbocycles. The molecular weight excluding hydrogens is 366 g/mol. The lowest BCUT2D eigenvalue weighted by molar-refractivity contribution is 0.164. The molecule has 0 spiro atoms. The number of aliphatic hydroxyl groups is 1. The smallest absolute Gasteiger partial charge is 0.227 e. The number of pyridine rings is 1. The van der Waals surface area contributed by atoms with Gasteiger partial charge in [-0.3, -0.25) is 0 Å². The Bertz CT molecular complexity index is 993. The molecule has 140 valence electrons. The van der Waals surface area contributed by atoms with Gasteiger partial charge in [0.25, 0.3) is 0 Å². The molecule has 8 nitrogen and oxygen atoms in total. The summed E-state index contributed by atoms with van der Waals surface area (Å²) in [6.07, 6.45) is 2.95. The molecule has 0 aliphatic heterocycles. The summed E-state index contributed by atoms with van der Waals surface area (Å²) in [7, 11) is 0. The first kappa shape index (κ1) is 17.7. The van der Waals surface area contributed by atoms with E-state index in [1.807, 2.05) is 31.2 Å². The van der Waals surface area contributed by atoms with Gasteiger partial charge in [0.1, 0.15) is 12.1 Å². The highest BCUT2D eigenvalue weighted by Gasteiger charge is 2.40. The molecule has 0 amide bonds. The van der Waals surface area contributed by atoms with E-state index in [4.69, 9.17) is 22.3 Å². The lowest BCUT2D eigenvalue weighted by Crippen LogP contribution is -2.23. The largest absolute Gasteiger partial charge is 0.388 e. The van der Waals surface area contributed by atoms with E-state index in [-0.39, 0.29) is 12.0 Å². The van der Waals surface area contributed by atoms with Crippen LogP contribution in [0.25, 0.3) is 10.9 Å². The highest BCUT2D eigenvalue weighted by atomic mass is 35.5. The number of nitrogens with two attached hydrogens (primary N) is 1. The van der Waals surface area contributed by atoms with E-state index in [1.165, 1.54) is 6.33 Å². The van der Waals surface area contributed by atoms with Crippen molar-refractivity contribution >= 4 is 40.2 Å². The second-order valence-corrected chi connectivity index (χ2v) is 7.26. The molecule has 4 rings (SSSR count). The van der Waals surface area contributed by atoms with E-state index in [2.05, 4.69) is 25.6 Å². The maximum absolute atomic E-state index is 10.2. The van der Waals surface area contributed by atoms with Crippen molar-refractivity contribution in [2.24, 2.45) is 0 Å². The molecule has 1 fully saturated rings. The van der Waals surface area contributed by atoms with Crippen molar-refractivity contribution in [3.05, 3.63) is 41.2 Å². The summed E-state index contributed by atoms with van der Waals surface area (Å²) in [6.45, 7) is 2.42. The summed E-state index contributed by atoms with van der Waals surface area (Å²) in [6, 6.07) is 7.52. The molecule has 9 heteroatoms. The zero-order chi connectivity index (χ0) is 19.0. The van der Waals surface area contributed by atoms with Gasteiger partial charge < -0.3 is 21.5 Å². The van der Waals surface area contributed by atoms with Crippen LogP contribution in [0.2, 0.25) is 5.02 Å². The Labute approximate surface area is 161 Å². The van der Waals surface area contributed by atoms with E-state index in [0.717, 1.165) is 23.8 Å². The number of nitrogen functional groups attached to an aromatic ring is 1. The Kier molecular flexibility index (Phi) is 4.45. The number of hydrogen-bond donors (Lipinski definition) is 4. The molecular formula is C18H20ClN7O. The van der Waals surface area contributed by atoms with Crippen LogP contribution in [-0.4, -0.2) is 37.2 Å². The first-order chi connectivity index (χ1) is 12.9. The number of para-hydroxylation sites is 1. The molecule has 3 aromatic rings. The molecule has 1 unspecified atom stereocenters. The molecule has 27 heavy (non-hydrogen) atoms. The number of nitrogens with one attached hydrogen (secondary N) is 2. The van der Waals surface area contributed by atoms with Crippen LogP contribution >= 0.6 is 11.6 Å². The number of anilines is 3. The van der Waals surface area contributed by atoms with Crippen molar-refractivity contribution in [1.82, 2.24) is 19.9 Å².